The van der Waals surface area contributed by atoms with Crippen molar-refractivity contribution < 1.29 is 18.0 Å². The number of aryl methyl sites for hydroxylation is 1. The molecule has 7 nitrogen and oxygen atoms in total. The Hall–Kier alpha value is -3.85. The lowest BCUT2D eigenvalue weighted by Crippen LogP contribution is -2.53. The molecule has 0 fully saturated rings. The minimum Gasteiger partial charge on any atom is -0.354 e. The molecule has 4 rings (SSSR count). The lowest BCUT2D eigenvalue weighted by Gasteiger charge is -2.34. The van der Waals surface area contributed by atoms with E-state index in [1.165, 1.54) is 29.2 Å². The molecule has 0 radical (unpaired) electrons. The maximum atomic E-state index is 14.5. The van der Waals surface area contributed by atoms with Gasteiger partial charge in [-0.1, -0.05) is 97.2 Å². The van der Waals surface area contributed by atoms with Gasteiger partial charge in [-0.05, 0) is 72.5 Å². The Bertz CT molecular complexity index is 1700. The van der Waals surface area contributed by atoms with E-state index in [2.05, 4.69) is 5.32 Å². The molecule has 0 aromatic heterocycles. The highest BCUT2D eigenvalue weighted by atomic mass is 35.5. The van der Waals surface area contributed by atoms with E-state index in [0.717, 1.165) is 22.7 Å². The number of halogens is 2. The van der Waals surface area contributed by atoms with Crippen LogP contribution < -0.4 is 9.62 Å². The topological polar surface area (TPSA) is 86.8 Å². The summed E-state index contributed by atoms with van der Waals surface area (Å²) in [7, 11) is -4.22. The van der Waals surface area contributed by atoms with Crippen molar-refractivity contribution in [2.75, 3.05) is 17.4 Å². The van der Waals surface area contributed by atoms with Crippen LogP contribution >= 0.6 is 23.2 Å². The molecule has 0 spiro atoms. The van der Waals surface area contributed by atoms with E-state index in [1.807, 2.05) is 43.3 Å². The number of nitrogens with zero attached hydrogens (tertiary/aromatic N) is 2. The van der Waals surface area contributed by atoms with Gasteiger partial charge in [0.05, 0.1) is 10.6 Å². The standard InChI is InChI=1S/C35H37Cl2N3O4S/c1-3-4-21-38-35(42)33(23-27-12-6-5-7-13-27)39(24-28-14-10-15-30(37)22-28)34(41)25-40(32-16-9-8-11-26(32)2)45(43,44)31-19-17-29(36)18-20-31/h5-20,22,33H,3-4,21,23-25H2,1-2H3,(H,38,42)/t33-/m1/s1. The molecule has 0 bridgehead atoms. The number of para-hydroxylation sites is 1. The second kappa shape index (κ2) is 15.9. The molecular weight excluding hydrogens is 629 g/mol. The largest absolute Gasteiger partial charge is 0.354 e. The zero-order chi connectivity index (χ0) is 32.4. The van der Waals surface area contributed by atoms with Gasteiger partial charge in [0.1, 0.15) is 12.6 Å². The molecular formula is C35H37Cl2N3O4S. The smallest absolute Gasteiger partial charge is 0.264 e. The number of benzene rings is 4. The second-order valence-electron chi connectivity index (χ2n) is 10.8. The molecule has 0 aliphatic rings. The van der Waals surface area contributed by atoms with Gasteiger partial charge in [0.25, 0.3) is 10.0 Å². The van der Waals surface area contributed by atoms with Crippen molar-refractivity contribution in [3.05, 3.63) is 130 Å². The lowest BCUT2D eigenvalue weighted by atomic mass is 10.0. The van der Waals surface area contributed by atoms with E-state index in [4.69, 9.17) is 23.2 Å². The van der Waals surface area contributed by atoms with Crippen LogP contribution in [0.1, 0.15) is 36.5 Å². The van der Waals surface area contributed by atoms with Gasteiger partial charge in [-0.15, -0.1) is 0 Å². The van der Waals surface area contributed by atoms with E-state index in [9.17, 15) is 18.0 Å². The van der Waals surface area contributed by atoms with Gasteiger partial charge in [-0.25, -0.2) is 8.42 Å². The zero-order valence-corrected chi connectivity index (χ0v) is 27.7. The van der Waals surface area contributed by atoms with Gasteiger partial charge in [0.15, 0.2) is 0 Å². The fourth-order valence-corrected chi connectivity index (χ4v) is 6.80. The van der Waals surface area contributed by atoms with Crippen LogP contribution in [0, 0.1) is 6.92 Å². The highest BCUT2D eigenvalue weighted by molar-refractivity contribution is 7.92. The van der Waals surface area contributed by atoms with Crippen molar-refractivity contribution in [3.8, 4) is 0 Å². The normalized spacial score (nSPS) is 11.9. The van der Waals surface area contributed by atoms with Gasteiger partial charge in [0, 0.05) is 29.6 Å². The number of hydrogen-bond donors (Lipinski definition) is 1. The average Bonchev–Trinajstić information content (AvgIpc) is 3.02. The second-order valence-corrected chi connectivity index (χ2v) is 13.5. The van der Waals surface area contributed by atoms with Crippen molar-refractivity contribution in [2.45, 2.75) is 50.6 Å². The van der Waals surface area contributed by atoms with Crippen LogP contribution in [0.5, 0.6) is 0 Å². The third kappa shape index (κ3) is 9.10. The van der Waals surface area contributed by atoms with Crippen molar-refractivity contribution >= 4 is 50.7 Å². The Balaban J connectivity index is 1.80. The molecule has 1 atom stereocenters. The van der Waals surface area contributed by atoms with Crippen LogP contribution in [0.3, 0.4) is 0 Å². The minimum absolute atomic E-state index is 0.0116. The molecule has 0 heterocycles. The Labute approximate surface area is 275 Å². The molecule has 0 saturated carbocycles. The number of unbranched alkanes of at least 4 members (excludes halogenated alkanes) is 1. The maximum Gasteiger partial charge on any atom is 0.264 e. The summed E-state index contributed by atoms with van der Waals surface area (Å²) in [6, 6.07) is 28.4. The van der Waals surface area contributed by atoms with Gasteiger partial charge >= 0.3 is 0 Å². The third-order valence-electron chi connectivity index (χ3n) is 7.41. The summed E-state index contributed by atoms with van der Waals surface area (Å²) in [5.74, 6) is -0.854. The zero-order valence-electron chi connectivity index (χ0n) is 25.3. The number of rotatable bonds is 14. The minimum atomic E-state index is -4.22. The Kier molecular flexibility index (Phi) is 12.0. The van der Waals surface area contributed by atoms with Crippen molar-refractivity contribution in [1.82, 2.24) is 10.2 Å². The predicted octanol–water partition coefficient (Wildman–Crippen LogP) is 7.05. The fraction of sp³-hybridized carbons (Fsp3) is 0.257. The fourth-order valence-electron chi connectivity index (χ4n) is 4.98. The lowest BCUT2D eigenvalue weighted by molar-refractivity contribution is -0.140. The quantitative estimate of drug-likeness (QED) is 0.146. The Morgan fingerprint density at radius 2 is 1.49 bits per heavy atom. The maximum absolute atomic E-state index is 14.5. The van der Waals surface area contributed by atoms with Crippen LogP contribution in [-0.4, -0.2) is 44.3 Å². The molecule has 45 heavy (non-hydrogen) atoms. The van der Waals surface area contributed by atoms with Crippen molar-refractivity contribution in [1.29, 1.82) is 0 Å². The number of hydrogen-bond acceptors (Lipinski definition) is 4. The van der Waals surface area contributed by atoms with Gasteiger partial charge in [-0.3, -0.25) is 13.9 Å². The molecule has 236 valence electrons. The first-order valence-corrected chi connectivity index (χ1v) is 17.0. The summed E-state index contributed by atoms with van der Waals surface area (Å²) in [4.78, 5) is 29.8. The Morgan fingerprint density at radius 1 is 0.822 bits per heavy atom. The first-order valence-electron chi connectivity index (χ1n) is 14.8. The SMILES string of the molecule is CCCCNC(=O)[C@@H](Cc1ccccc1)N(Cc1cccc(Cl)c1)C(=O)CN(c1ccccc1C)S(=O)(=O)c1ccc(Cl)cc1. The van der Waals surface area contributed by atoms with Crippen LogP contribution in [0.4, 0.5) is 5.69 Å². The van der Waals surface area contributed by atoms with E-state index in [1.54, 1.807) is 49.4 Å². The summed E-state index contributed by atoms with van der Waals surface area (Å²) in [5.41, 5.74) is 2.60. The highest BCUT2D eigenvalue weighted by Gasteiger charge is 2.35. The first kappa shape index (κ1) is 34.0. The van der Waals surface area contributed by atoms with Crippen molar-refractivity contribution in [2.24, 2.45) is 0 Å². The molecule has 4 aromatic rings. The molecule has 0 unspecified atom stereocenters. The first-order chi connectivity index (χ1) is 21.6. The van der Waals surface area contributed by atoms with Gasteiger partial charge < -0.3 is 10.2 Å². The van der Waals surface area contributed by atoms with E-state index >= 15 is 0 Å². The van der Waals surface area contributed by atoms with Crippen LogP contribution in [0.25, 0.3) is 0 Å². The molecule has 2 amide bonds. The van der Waals surface area contributed by atoms with Gasteiger partial charge in [-0.2, -0.15) is 0 Å². The summed E-state index contributed by atoms with van der Waals surface area (Å²) < 4.78 is 29.4. The number of carbonyl (C=O) groups excluding carboxylic acids is 2. The van der Waals surface area contributed by atoms with E-state index in [0.29, 0.717) is 33.4 Å². The number of nitrogens with one attached hydrogen (secondary N) is 1. The molecule has 0 saturated heterocycles. The van der Waals surface area contributed by atoms with Crippen LogP contribution in [0.15, 0.2) is 108 Å². The summed E-state index contributed by atoms with van der Waals surface area (Å²) in [6.07, 6.45) is 1.91. The molecule has 0 aliphatic carbocycles. The van der Waals surface area contributed by atoms with Crippen molar-refractivity contribution in [3.63, 3.8) is 0 Å². The van der Waals surface area contributed by atoms with E-state index < -0.39 is 28.5 Å². The van der Waals surface area contributed by atoms with Crippen LogP contribution in [0.2, 0.25) is 10.0 Å². The summed E-state index contributed by atoms with van der Waals surface area (Å²) >= 11 is 12.4. The van der Waals surface area contributed by atoms with Crippen LogP contribution in [-0.2, 0) is 32.6 Å². The molecule has 10 heteroatoms. The number of amides is 2. The summed E-state index contributed by atoms with van der Waals surface area (Å²) in [6.45, 7) is 3.78. The third-order valence-corrected chi connectivity index (χ3v) is 9.67. The molecule has 1 N–H and O–H groups in total. The highest BCUT2D eigenvalue weighted by Crippen LogP contribution is 2.28. The number of sulfonamides is 1. The molecule has 0 aliphatic heterocycles. The number of anilines is 1. The van der Waals surface area contributed by atoms with Gasteiger partial charge in [0.2, 0.25) is 11.8 Å². The average molecular weight is 667 g/mol. The Morgan fingerprint density at radius 3 is 2.16 bits per heavy atom. The number of carbonyl (C=O) groups is 2. The predicted molar refractivity (Wildman–Crippen MR) is 181 cm³/mol. The molecule has 4 aromatic carbocycles. The monoisotopic (exact) mass is 665 g/mol. The van der Waals surface area contributed by atoms with E-state index in [-0.39, 0.29) is 23.8 Å². The summed E-state index contributed by atoms with van der Waals surface area (Å²) in [5, 5.41) is 3.86.